The van der Waals surface area contributed by atoms with Crippen LogP contribution >= 0.6 is 0 Å². The minimum absolute atomic E-state index is 0.0507. The van der Waals surface area contributed by atoms with Gasteiger partial charge in [-0.15, -0.1) is 0 Å². The highest BCUT2D eigenvalue weighted by molar-refractivity contribution is 7.89. The smallest absolute Gasteiger partial charge is 0.244 e. The summed E-state index contributed by atoms with van der Waals surface area (Å²) in [5, 5.41) is 13.8. The Kier molecular flexibility index (Phi) is 4.94. The monoisotopic (exact) mass is 393 g/mol. The second-order valence-corrected chi connectivity index (χ2v) is 8.50. The third kappa shape index (κ3) is 3.54. The molecule has 0 bridgehead atoms. The van der Waals surface area contributed by atoms with Crippen LogP contribution in [0.1, 0.15) is 22.8 Å². The Morgan fingerprint density at radius 3 is 2.54 bits per heavy atom. The number of sulfonamides is 1. The van der Waals surface area contributed by atoms with Crippen molar-refractivity contribution in [2.75, 3.05) is 13.1 Å². The summed E-state index contributed by atoms with van der Waals surface area (Å²) in [5.74, 6) is 1.53. The SMILES string of the molecule is N#Cc1ccccc1S(=O)(=O)N1CCc2nc(Cc3ccccc3)nn2CC1. The molecule has 0 unspecified atom stereocenters. The van der Waals surface area contributed by atoms with E-state index >= 15 is 0 Å². The van der Waals surface area contributed by atoms with Gasteiger partial charge < -0.3 is 0 Å². The van der Waals surface area contributed by atoms with Crippen LogP contribution in [0.2, 0.25) is 0 Å². The first-order valence-corrected chi connectivity index (χ1v) is 10.5. The molecule has 8 heteroatoms. The molecule has 0 saturated carbocycles. The predicted octanol–water partition coefficient (Wildman–Crippen LogP) is 1.99. The van der Waals surface area contributed by atoms with Gasteiger partial charge in [0.15, 0.2) is 5.82 Å². The molecule has 0 amide bonds. The van der Waals surface area contributed by atoms with E-state index in [9.17, 15) is 13.7 Å². The van der Waals surface area contributed by atoms with Crippen molar-refractivity contribution >= 4 is 10.0 Å². The van der Waals surface area contributed by atoms with Gasteiger partial charge in [0.2, 0.25) is 10.0 Å². The molecule has 28 heavy (non-hydrogen) atoms. The summed E-state index contributed by atoms with van der Waals surface area (Å²) in [7, 11) is -3.74. The first kappa shape index (κ1) is 18.3. The van der Waals surface area contributed by atoms with Gasteiger partial charge in [-0.05, 0) is 17.7 Å². The van der Waals surface area contributed by atoms with E-state index in [1.54, 1.807) is 16.8 Å². The minimum atomic E-state index is -3.74. The van der Waals surface area contributed by atoms with Crippen LogP contribution in [0.3, 0.4) is 0 Å². The first-order valence-electron chi connectivity index (χ1n) is 9.04. The standard InChI is InChI=1S/C20H19N5O2S/c21-15-17-8-4-5-9-18(17)28(26,27)24-11-10-20-22-19(23-25(20)13-12-24)14-16-6-2-1-3-7-16/h1-9H,10-14H2. The summed E-state index contributed by atoms with van der Waals surface area (Å²) < 4.78 is 29.3. The number of benzene rings is 2. The van der Waals surface area contributed by atoms with Crippen molar-refractivity contribution < 1.29 is 8.42 Å². The fraction of sp³-hybridized carbons (Fsp3) is 0.250. The van der Waals surface area contributed by atoms with E-state index in [1.807, 2.05) is 36.4 Å². The molecule has 0 atom stereocenters. The zero-order valence-electron chi connectivity index (χ0n) is 15.2. The van der Waals surface area contributed by atoms with Crippen molar-refractivity contribution in [2.24, 2.45) is 0 Å². The van der Waals surface area contributed by atoms with E-state index in [0.717, 1.165) is 17.2 Å². The second kappa shape index (κ2) is 7.54. The molecule has 0 radical (unpaired) electrons. The van der Waals surface area contributed by atoms with Crippen LogP contribution in [0.15, 0.2) is 59.5 Å². The normalized spacial score (nSPS) is 14.8. The summed E-state index contributed by atoms with van der Waals surface area (Å²) >= 11 is 0. The van der Waals surface area contributed by atoms with Gasteiger partial charge in [-0.2, -0.15) is 14.7 Å². The molecule has 0 saturated heterocycles. The number of aromatic nitrogens is 3. The van der Waals surface area contributed by atoms with Gasteiger partial charge in [0, 0.05) is 25.9 Å². The van der Waals surface area contributed by atoms with E-state index in [0.29, 0.717) is 32.5 Å². The Hall–Kier alpha value is -3.02. The molecule has 7 nitrogen and oxygen atoms in total. The zero-order chi connectivity index (χ0) is 19.6. The van der Waals surface area contributed by atoms with E-state index in [1.165, 1.54) is 16.4 Å². The Balaban J connectivity index is 1.53. The molecule has 2 aromatic carbocycles. The molecule has 0 fully saturated rings. The Morgan fingerprint density at radius 2 is 1.75 bits per heavy atom. The van der Waals surface area contributed by atoms with Crippen molar-refractivity contribution in [1.82, 2.24) is 19.1 Å². The van der Waals surface area contributed by atoms with Crippen LogP contribution in [0.5, 0.6) is 0 Å². The first-order chi connectivity index (χ1) is 13.6. The average Bonchev–Trinajstić information content (AvgIpc) is 2.98. The van der Waals surface area contributed by atoms with Gasteiger partial charge in [-0.1, -0.05) is 42.5 Å². The highest BCUT2D eigenvalue weighted by Gasteiger charge is 2.29. The van der Waals surface area contributed by atoms with Crippen LogP contribution < -0.4 is 0 Å². The molecule has 0 N–H and O–H groups in total. The summed E-state index contributed by atoms with van der Waals surface area (Å²) in [6.45, 7) is 1.04. The maximum absolute atomic E-state index is 13.0. The number of hydrogen-bond acceptors (Lipinski definition) is 5. The van der Waals surface area contributed by atoms with E-state index in [2.05, 4.69) is 10.1 Å². The van der Waals surface area contributed by atoms with Gasteiger partial charge in [-0.25, -0.2) is 18.1 Å². The van der Waals surface area contributed by atoms with E-state index in [4.69, 9.17) is 0 Å². The molecular weight excluding hydrogens is 374 g/mol. The van der Waals surface area contributed by atoms with Crippen molar-refractivity contribution in [3.8, 4) is 6.07 Å². The lowest BCUT2D eigenvalue weighted by Crippen LogP contribution is -2.34. The van der Waals surface area contributed by atoms with Crippen molar-refractivity contribution in [2.45, 2.75) is 24.3 Å². The second-order valence-electron chi connectivity index (χ2n) is 6.59. The summed E-state index contributed by atoms with van der Waals surface area (Å²) in [6.07, 6.45) is 1.13. The molecule has 3 aromatic rings. The molecule has 142 valence electrons. The zero-order valence-corrected chi connectivity index (χ0v) is 16.0. The number of rotatable bonds is 4. The number of nitrogens with zero attached hydrogens (tertiary/aromatic N) is 5. The van der Waals surface area contributed by atoms with Gasteiger partial charge in [-0.3, -0.25) is 0 Å². The number of hydrogen-bond donors (Lipinski definition) is 0. The van der Waals surface area contributed by atoms with Crippen LogP contribution in [-0.4, -0.2) is 40.6 Å². The predicted molar refractivity (Wildman–Crippen MR) is 103 cm³/mol. The fourth-order valence-corrected chi connectivity index (χ4v) is 4.92. The van der Waals surface area contributed by atoms with Crippen LogP contribution in [-0.2, 0) is 29.4 Å². The number of fused-ring (bicyclic) bond motifs is 1. The summed E-state index contributed by atoms with van der Waals surface area (Å²) in [5.41, 5.74) is 1.30. The summed E-state index contributed by atoms with van der Waals surface area (Å²) in [4.78, 5) is 4.66. The maximum Gasteiger partial charge on any atom is 0.244 e. The third-order valence-corrected chi connectivity index (χ3v) is 6.73. The van der Waals surface area contributed by atoms with Crippen molar-refractivity contribution in [1.29, 1.82) is 5.26 Å². The molecule has 1 aliphatic rings. The fourth-order valence-electron chi connectivity index (χ4n) is 3.35. The van der Waals surface area contributed by atoms with Crippen molar-refractivity contribution in [3.05, 3.63) is 77.4 Å². The molecule has 1 aromatic heterocycles. The lowest BCUT2D eigenvalue weighted by atomic mass is 10.1. The van der Waals surface area contributed by atoms with Crippen LogP contribution in [0.25, 0.3) is 0 Å². The van der Waals surface area contributed by atoms with Gasteiger partial charge >= 0.3 is 0 Å². The Bertz CT molecular complexity index is 1110. The highest BCUT2D eigenvalue weighted by atomic mass is 32.2. The minimum Gasteiger partial charge on any atom is -0.248 e. The Labute approximate surface area is 163 Å². The lowest BCUT2D eigenvalue weighted by Gasteiger charge is -2.20. The van der Waals surface area contributed by atoms with Crippen LogP contribution in [0, 0.1) is 11.3 Å². The molecular formula is C20H19N5O2S. The van der Waals surface area contributed by atoms with Gasteiger partial charge in [0.05, 0.1) is 17.0 Å². The molecule has 4 rings (SSSR count). The molecule has 0 aliphatic carbocycles. The van der Waals surface area contributed by atoms with E-state index in [-0.39, 0.29) is 10.5 Å². The van der Waals surface area contributed by atoms with Crippen molar-refractivity contribution in [3.63, 3.8) is 0 Å². The van der Waals surface area contributed by atoms with Gasteiger partial charge in [0.25, 0.3) is 0 Å². The largest absolute Gasteiger partial charge is 0.248 e. The topological polar surface area (TPSA) is 91.9 Å². The number of nitriles is 1. The lowest BCUT2D eigenvalue weighted by molar-refractivity contribution is 0.408. The van der Waals surface area contributed by atoms with E-state index < -0.39 is 10.0 Å². The summed E-state index contributed by atoms with van der Waals surface area (Å²) in [6, 6.07) is 18.3. The third-order valence-electron chi connectivity index (χ3n) is 4.77. The maximum atomic E-state index is 13.0. The molecule has 1 aliphatic heterocycles. The quantitative estimate of drug-likeness (QED) is 0.676. The molecule has 0 spiro atoms. The van der Waals surface area contributed by atoms with Gasteiger partial charge in [0.1, 0.15) is 11.9 Å². The highest BCUT2D eigenvalue weighted by Crippen LogP contribution is 2.21. The average molecular weight is 393 g/mol. The van der Waals surface area contributed by atoms with Crippen LogP contribution in [0.4, 0.5) is 0 Å². The molecule has 2 heterocycles. The Morgan fingerprint density at radius 1 is 1.00 bits per heavy atom.